The fraction of sp³-hybridized carbons (Fsp3) is 0.520. The van der Waals surface area contributed by atoms with Crippen molar-refractivity contribution >= 4 is 27.1 Å². The van der Waals surface area contributed by atoms with Gasteiger partial charge >= 0.3 is 0 Å². The first-order valence-corrected chi connectivity index (χ1v) is 12.7. The van der Waals surface area contributed by atoms with Crippen LogP contribution in [-0.4, -0.2) is 38.5 Å². The first kappa shape index (κ1) is 24.4. The molecule has 176 valence electrons. The molecule has 1 heterocycles. The van der Waals surface area contributed by atoms with E-state index in [9.17, 15) is 8.42 Å². The molecule has 3 rings (SSSR count). The molecule has 32 heavy (non-hydrogen) atoms. The van der Waals surface area contributed by atoms with Crippen molar-refractivity contribution in [2.24, 2.45) is 0 Å². The van der Waals surface area contributed by atoms with Gasteiger partial charge in [-0.05, 0) is 89.4 Å². The van der Waals surface area contributed by atoms with Crippen molar-refractivity contribution in [2.45, 2.75) is 72.0 Å². The van der Waals surface area contributed by atoms with Gasteiger partial charge in [-0.1, -0.05) is 12.1 Å². The SMILES string of the molecule is Cc1cc(N2C[C@@H](C)O[C@@H](C)C2)cc(C)c1NCc1ccc(NS(=O)(=O)C(C)(C)C)cc1. The molecule has 1 aliphatic rings. The molecule has 2 N–H and O–H groups in total. The minimum absolute atomic E-state index is 0.230. The molecular weight excluding hydrogens is 422 g/mol. The Morgan fingerprint density at radius 2 is 1.53 bits per heavy atom. The largest absolute Gasteiger partial charge is 0.381 e. The van der Waals surface area contributed by atoms with Gasteiger partial charge in [0.15, 0.2) is 0 Å². The molecule has 0 amide bonds. The van der Waals surface area contributed by atoms with Gasteiger partial charge in [0.1, 0.15) is 0 Å². The number of hydrogen-bond acceptors (Lipinski definition) is 5. The Hall–Kier alpha value is -2.25. The Kier molecular flexibility index (Phi) is 7.10. The number of sulfonamides is 1. The molecule has 1 saturated heterocycles. The van der Waals surface area contributed by atoms with E-state index in [0.29, 0.717) is 12.2 Å². The summed E-state index contributed by atoms with van der Waals surface area (Å²) in [5, 5.41) is 3.56. The average Bonchev–Trinajstić information content (AvgIpc) is 2.66. The van der Waals surface area contributed by atoms with E-state index in [4.69, 9.17) is 4.74 Å². The monoisotopic (exact) mass is 459 g/mol. The van der Waals surface area contributed by atoms with Crippen LogP contribution in [0.15, 0.2) is 36.4 Å². The summed E-state index contributed by atoms with van der Waals surface area (Å²) in [5.41, 5.74) is 6.46. The van der Waals surface area contributed by atoms with Gasteiger partial charge in [-0.3, -0.25) is 4.72 Å². The lowest BCUT2D eigenvalue weighted by Gasteiger charge is -2.37. The number of aryl methyl sites for hydroxylation is 2. The highest BCUT2D eigenvalue weighted by molar-refractivity contribution is 7.94. The van der Waals surface area contributed by atoms with Crippen LogP contribution < -0.4 is 14.9 Å². The Morgan fingerprint density at radius 1 is 1.00 bits per heavy atom. The van der Waals surface area contributed by atoms with E-state index >= 15 is 0 Å². The van der Waals surface area contributed by atoms with Crippen LogP contribution in [0.25, 0.3) is 0 Å². The molecule has 0 unspecified atom stereocenters. The number of anilines is 3. The lowest BCUT2D eigenvalue weighted by atomic mass is 10.1. The fourth-order valence-electron chi connectivity index (χ4n) is 3.98. The Balaban J connectivity index is 1.67. The van der Waals surface area contributed by atoms with Crippen LogP contribution >= 0.6 is 0 Å². The van der Waals surface area contributed by atoms with Crippen molar-refractivity contribution in [1.82, 2.24) is 0 Å². The predicted molar refractivity (Wildman–Crippen MR) is 134 cm³/mol. The molecule has 2 atom stereocenters. The standard InChI is InChI=1S/C25H37N3O3S/c1-17-12-23(28-15-19(3)31-20(4)16-28)13-18(2)24(17)26-14-21-8-10-22(11-9-21)27-32(29,30)25(5,6)7/h8-13,19-20,26-27H,14-16H2,1-7H3/t19-,20+. The van der Waals surface area contributed by atoms with E-state index in [1.807, 2.05) is 24.3 Å². The van der Waals surface area contributed by atoms with Gasteiger partial charge in [-0.25, -0.2) is 8.42 Å². The second-order valence-corrected chi connectivity index (χ2v) is 12.3. The smallest absolute Gasteiger partial charge is 0.237 e. The second kappa shape index (κ2) is 9.32. The van der Waals surface area contributed by atoms with E-state index in [-0.39, 0.29) is 12.2 Å². The van der Waals surface area contributed by atoms with Crippen molar-refractivity contribution in [1.29, 1.82) is 0 Å². The minimum Gasteiger partial charge on any atom is -0.381 e. The zero-order chi connectivity index (χ0) is 23.7. The lowest BCUT2D eigenvalue weighted by molar-refractivity contribution is -0.00522. The molecule has 0 spiro atoms. The van der Waals surface area contributed by atoms with Crippen LogP contribution in [0.4, 0.5) is 17.1 Å². The Morgan fingerprint density at radius 3 is 2.03 bits per heavy atom. The van der Waals surface area contributed by atoms with Crippen LogP contribution in [0.2, 0.25) is 0 Å². The summed E-state index contributed by atoms with van der Waals surface area (Å²) in [5.74, 6) is 0. The van der Waals surface area contributed by atoms with Crippen molar-refractivity contribution in [2.75, 3.05) is 28.0 Å². The summed E-state index contributed by atoms with van der Waals surface area (Å²) >= 11 is 0. The maximum absolute atomic E-state index is 12.3. The van der Waals surface area contributed by atoms with Gasteiger partial charge in [-0.15, -0.1) is 0 Å². The lowest BCUT2D eigenvalue weighted by Crippen LogP contribution is -2.45. The number of hydrogen-bond donors (Lipinski definition) is 2. The van der Waals surface area contributed by atoms with E-state index in [1.165, 1.54) is 16.8 Å². The summed E-state index contributed by atoms with van der Waals surface area (Å²) in [7, 11) is -3.43. The van der Waals surface area contributed by atoms with E-state index in [2.05, 4.69) is 54.8 Å². The number of benzene rings is 2. The molecule has 1 aliphatic heterocycles. The normalized spacial score (nSPS) is 19.7. The van der Waals surface area contributed by atoms with E-state index in [0.717, 1.165) is 24.3 Å². The topological polar surface area (TPSA) is 70.7 Å². The number of nitrogens with one attached hydrogen (secondary N) is 2. The maximum Gasteiger partial charge on any atom is 0.237 e. The Bertz CT molecular complexity index is 1010. The molecule has 0 bridgehead atoms. The highest BCUT2D eigenvalue weighted by Gasteiger charge is 2.28. The molecule has 0 saturated carbocycles. The van der Waals surface area contributed by atoms with Crippen LogP contribution in [0.1, 0.15) is 51.3 Å². The Labute approximate surface area is 193 Å². The van der Waals surface area contributed by atoms with Crippen LogP contribution in [0, 0.1) is 13.8 Å². The molecule has 1 fully saturated rings. The maximum atomic E-state index is 12.3. The third kappa shape index (κ3) is 5.75. The third-order valence-electron chi connectivity index (χ3n) is 5.78. The third-order valence-corrected chi connectivity index (χ3v) is 7.90. The first-order valence-electron chi connectivity index (χ1n) is 11.2. The summed E-state index contributed by atoms with van der Waals surface area (Å²) in [6.07, 6.45) is 0.459. The molecule has 2 aromatic rings. The summed E-state index contributed by atoms with van der Waals surface area (Å²) in [6, 6.07) is 12.0. The predicted octanol–water partition coefficient (Wildman–Crippen LogP) is 5.07. The number of rotatable bonds is 6. The number of nitrogens with zero attached hydrogens (tertiary/aromatic N) is 1. The summed E-state index contributed by atoms with van der Waals surface area (Å²) in [4.78, 5) is 2.40. The van der Waals surface area contributed by atoms with Gasteiger partial charge in [0.25, 0.3) is 0 Å². The fourth-order valence-corrected chi connectivity index (χ4v) is 4.73. The molecule has 7 heteroatoms. The second-order valence-electron chi connectivity index (χ2n) is 9.89. The highest BCUT2D eigenvalue weighted by atomic mass is 32.2. The molecular formula is C25H37N3O3S. The van der Waals surface area contributed by atoms with Crippen LogP contribution in [0.5, 0.6) is 0 Å². The molecule has 0 aliphatic carbocycles. The quantitative estimate of drug-likeness (QED) is 0.631. The number of morpholine rings is 1. The first-order chi connectivity index (χ1) is 14.9. The van der Waals surface area contributed by atoms with Gasteiger partial charge in [0, 0.05) is 36.7 Å². The van der Waals surface area contributed by atoms with Crippen molar-refractivity contribution in [3.8, 4) is 0 Å². The zero-order valence-corrected chi connectivity index (χ0v) is 21.1. The summed E-state index contributed by atoms with van der Waals surface area (Å²) < 4.78 is 32.3. The summed E-state index contributed by atoms with van der Waals surface area (Å²) in [6.45, 7) is 16.0. The van der Waals surface area contributed by atoms with Crippen LogP contribution in [-0.2, 0) is 21.3 Å². The van der Waals surface area contributed by atoms with Crippen molar-refractivity contribution in [3.63, 3.8) is 0 Å². The van der Waals surface area contributed by atoms with Crippen molar-refractivity contribution < 1.29 is 13.2 Å². The van der Waals surface area contributed by atoms with Gasteiger partial charge in [0.05, 0.1) is 17.0 Å². The highest BCUT2D eigenvalue weighted by Crippen LogP contribution is 2.29. The van der Waals surface area contributed by atoms with Gasteiger partial charge < -0.3 is 15.0 Å². The average molecular weight is 460 g/mol. The molecule has 0 aromatic heterocycles. The van der Waals surface area contributed by atoms with Gasteiger partial charge in [0.2, 0.25) is 10.0 Å². The zero-order valence-electron chi connectivity index (χ0n) is 20.3. The van der Waals surface area contributed by atoms with E-state index < -0.39 is 14.8 Å². The molecule has 2 aromatic carbocycles. The minimum atomic E-state index is -3.43. The molecule has 0 radical (unpaired) electrons. The van der Waals surface area contributed by atoms with Gasteiger partial charge in [-0.2, -0.15) is 0 Å². The van der Waals surface area contributed by atoms with E-state index in [1.54, 1.807) is 20.8 Å². The number of ether oxygens (including phenoxy) is 1. The van der Waals surface area contributed by atoms with Crippen LogP contribution in [0.3, 0.4) is 0 Å². The van der Waals surface area contributed by atoms with Crippen molar-refractivity contribution in [3.05, 3.63) is 53.1 Å². The molecule has 6 nitrogen and oxygen atoms in total.